The maximum absolute atomic E-state index is 12.9. The van der Waals surface area contributed by atoms with Gasteiger partial charge in [-0.05, 0) is 35.1 Å². The topological polar surface area (TPSA) is 84.7 Å². The summed E-state index contributed by atoms with van der Waals surface area (Å²) >= 11 is 1.75. The highest BCUT2D eigenvalue weighted by molar-refractivity contribution is 7.10. The molecule has 2 heterocycles. The SMILES string of the molecule is COc1ccc([N+](=O)[O-])cc1NC(=O)CN1CCc2sccc2[C@H]1c1ccccc1. The van der Waals surface area contributed by atoms with Crippen molar-refractivity contribution in [3.8, 4) is 5.75 Å². The Morgan fingerprint density at radius 2 is 2.07 bits per heavy atom. The van der Waals surface area contributed by atoms with Gasteiger partial charge >= 0.3 is 0 Å². The molecule has 1 aliphatic rings. The Bertz CT molecular complexity index is 1070. The molecule has 0 aliphatic carbocycles. The summed E-state index contributed by atoms with van der Waals surface area (Å²) in [5, 5.41) is 16.0. The van der Waals surface area contributed by atoms with Crippen LogP contribution in [0, 0.1) is 10.1 Å². The lowest BCUT2D eigenvalue weighted by molar-refractivity contribution is -0.384. The van der Waals surface area contributed by atoms with Crippen LogP contribution >= 0.6 is 11.3 Å². The van der Waals surface area contributed by atoms with Crippen molar-refractivity contribution >= 4 is 28.6 Å². The zero-order chi connectivity index (χ0) is 21.1. The number of methoxy groups -OCH3 is 1. The van der Waals surface area contributed by atoms with Crippen LogP contribution in [0.2, 0.25) is 0 Å². The fourth-order valence-electron chi connectivity index (χ4n) is 3.85. The van der Waals surface area contributed by atoms with Gasteiger partial charge in [0.25, 0.3) is 5.69 Å². The monoisotopic (exact) mass is 423 g/mol. The number of nitrogens with zero attached hydrogens (tertiary/aromatic N) is 2. The Morgan fingerprint density at radius 3 is 2.80 bits per heavy atom. The van der Waals surface area contributed by atoms with Crippen LogP contribution in [0.4, 0.5) is 11.4 Å². The summed E-state index contributed by atoms with van der Waals surface area (Å²) in [7, 11) is 1.46. The molecule has 1 atom stereocenters. The fourth-order valence-corrected chi connectivity index (χ4v) is 4.75. The minimum absolute atomic E-state index is 0.000968. The van der Waals surface area contributed by atoms with Crippen LogP contribution in [0.3, 0.4) is 0 Å². The number of benzene rings is 2. The normalized spacial score (nSPS) is 16.0. The number of non-ortho nitro benzene ring substituents is 1. The van der Waals surface area contributed by atoms with E-state index in [-0.39, 0.29) is 24.2 Å². The van der Waals surface area contributed by atoms with Crippen LogP contribution < -0.4 is 10.1 Å². The van der Waals surface area contributed by atoms with E-state index < -0.39 is 4.92 Å². The number of rotatable bonds is 6. The van der Waals surface area contributed by atoms with Crippen molar-refractivity contribution in [2.45, 2.75) is 12.5 Å². The number of hydrogen-bond donors (Lipinski definition) is 1. The van der Waals surface area contributed by atoms with E-state index in [0.29, 0.717) is 11.4 Å². The van der Waals surface area contributed by atoms with Gasteiger partial charge in [-0.1, -0.05) is 30.3 Å². The first kappa shape index (κ1) is 20.1. The molecule has 7 nitrogen and oxygen atoms in total. The third-order valence-electron chi connectivity index (χ3n) is 5.20. The Balaban J connectivity index is 1.57. The Kier molecular flexibility index (Phi) is 5.78. The van der Waals surface area contributed by atoms with Crippen LogP contribution in [0.15, 0.2) is 60.0 Å². The highest BCUT2D eigenvalue weighted by Gasteiger charge is 2.31. The van der Waals surface area contributed by atoms with Crippen LogP contribution in [0.1, 0.15) is 22.0 Å². The quantitative estimate of drug-likeness (QED) is 0.473. The second-order valence-corrected chi connectivity index (χ2v) is 8.02. The molecule has 1 N–H and O–H groups in total. The van der Waals surface area contributed by atoms with E-state index in [1.165, 1.54) is 35.7 Å². The average Bonchev–Trinajstić information content (AvgIpc) is 3.22. The van der Waals surface area contributed by atoms with Crippen molar-refractivity contribution in [2.24, 2.45) is 0 Å². The van der Waals surface area contributed by atoms with Crippen molar-refractivity contribution < 1.29 is 14.5 Å². The van der Waals surface area contributed by atoms with Gasteiger partial charge in [0.2, 0.25) is 5.91 Å². The molecule has 4 rings (SSSR count). The number of nitrogens with one attached hydrogen (secondary N) is 1. The molecule has 0 bridgehead atoms. The molecule has 8 heteroatoms. The van der Waals surface area contributed by atoms with Gasteiger partial charge in [-0.25, -0.2) is 0 Å². The maximum Gasteiger partial charge on any atom is 0.271 e. The van der Waals surface area contributed by atoms with E-state index in [2.05, 4.69) is 33.8 Å². The highest BCUT2D eigenvalue weighted by atomic mass is 32.1. The number of amides is 1. The van der Waals surface area contributed by atoms with Gasteiger partial charge in [0.1, 0.15) is 5.75 Å². The number of thiophene rings is 1. The Labute approximate surface area is 178 Å². The summed E-state index contributed by atoms with van der Waals surface area (Å²) in [6.45, 7) is 0.924. The van der Waals surface area contributed by atoms with Crippen molar-refractivity contribution in [3.05, 3.63) is 86.1 Å². The first-order valence-electron chi connectivity index (χ1n) is 9.54. The number of carbonyl (C=O) groups is 1. The van der Waals surface area contributed by atoms with Crippen LogP contribution in [0.25, 0.3) is 0 Å². The van der Waals surface area contributed by atoms with E-state index in [9.17, 15) is 14.9 Å². The number of nitro benzene ring substituents is 1. The van der Waals surface area contributed by atoms with E-state index in [0.717, 1.165) is 18.5 Å². The number of fused-ring (bicyclic) bond motifs is 1. The van der Waals surface area contributed by atoms with Gasteiger partial charge in [0.05, 0.1) is 30.3 Å². The second-order valence-electron chi connectivity index (χ2n) is 7.02. The molecule has 2 aromatic carbocycles. The minimum Gasteiger partial charge on any atom is -0.495 e. The molecule has 0 radical (unpaired) electrons. The standard InChI is InChI=1S/C22H21N3O4S/c1-29-19-8-7-16(25(27)28)13-18(19)23-21(26)14-24-11-9-20-17(10-12-30-20)22(24)15-5-3-2-4-6-15/h2-8,10,12-13,22H,9,11,14H2,1H3,(H,23,26)/t22-/m1/s1. The van der Waals surface area contributed by atoms with Crippen LogP contribution in [0.5, 0.6) is 5.75 Å². The van der Waals surface area contributed by atoms with E-state index in [1.54, 1.807) is 11.3 Å². The summed E-state index contributed by atoms with van der Waals surface area (Å²) in [6.07, 6.45) is 0.893. The van der Waals surface area contributed by atoms with Gasteiger partial charge in [-0.15, -0.1) is 11.3 Å². The van der Waals surface area contributed by atoms with Crippen LogP contribution in [-0.2, 0) is 11.2 Å². The van der Waals surface area contributed by atoms with Gasteiger partial charge in [0, 0.05) is 23.6 Å². The number of ether oxygens (including phenoxy) is 1. The second kappa shape index (κ2) is 8.64. The molecular weight excluding hydrogens is 402 g/mol. The number of nitro groups is 1. The first-order chi connectivity index (χ1) is 14.6. The van der Waals surface area contributed by atoms with Gasteiger partial charge in [-0.2, -0.15) is 0 Å². The van der Waals surface area contributed by atoms with E-state index >= 15 is 0 Å². The van der Waals surface area contributed by atoms with Gasteiger partial charge in [-0.3, -0.25) is 19.8 Å². The number of carbonyl (C=O) groups excluding carboxylic acids is 1. The number of hydrogen-bond acceptors (Lipinski definition) is 6. The molecule has 3 aromatic rings. The third-order valence-corrected chi connectivity index (χ3v) is 6.19. The molecule has 0 saturated carbocycles. The molecular formula is C22H21N3O4S. The Morgan fingerprint density at radius 1 is 1.27 bits per heavy atom. The summed E-state index contributed by atoms with van der Waals surface area (Å²) in [5.41, 5.74) is 2.56. The Hall–Kier alpha value is -3.23. The van der Waals surface area contributed by atoms with Crippen LogP contribution in [-0.4, -0.2) is 35.9 Å². The lowest BCUT2D eigenvalue weighted by atomic mass is 9.93. The largest absolute Gasteiger partial charge is 0.495 e. The molecule has 1 aromatic heterocycles. The summed E-state index contributed by atoms with van der Waals surface area (Å²) < 4.78 is 5.25. The fraction of sp³-hybridized carbons (Fsp3) is 0.227. The highest BCUT2D eigenvalue weighted by Crippen LogP contribution is 2.37. The molecule has 0 spiro atoms. The smallest absolute Gasteiger partial charge is 0.271 e. The van der Waals surface area contributed by atoms with E-state index in [1.807, 2.05) is 18.2 Å². The lowest BCUT2D eigenvalue weighted by Crippen LogP contribution is -2.40. The average molecular weight is 423 g/mol. The summed E-state index contributed by atoms with van der Waals surface area (Å²) in [4.78, 5) is 27.0. The summed E-state index contributed by atoms with van der Waals surface area (Å²) in [6, 6.07) is 16.4. The lowest BCUT2D eigenvalue weighted by Gasteiger charge is -2.35. The number of anilines is 1. The molecule has 1 amide bonds. The molecule has 1 aliphatic heterocycles. The third kappa shape index (κ3) is 4.05. The molecule has 30 heavy (non-hydrogen) atoms. The molecule has 154 valence electrons. The van der Waals surface area contributed by atoms with E-state index in [4.69, 9.17) is 4.74 Å². The van der Waals surface area contributed by atoms with Crippen molar-refractivity contribution in [1.29, 1.82) is 0 Å². The molecule has 0 saturated heterocycles. The molecule has 0 fully saturated rings. The zero-order valence-electron chi connectivity index (χ0n) is 16.4. The maximum atomic E-state index is 12.9. The minimum atomic E-state index is -0.497. The van der Waals surface area contributed by atoms with Crippen molar-refractivity contribution in [1.82, 2.24) is 4.90 Å². The van der Waals surface area contributed by atoms with Crippen molar-refractivity contribution in [2.75, 3.05) is 25.5 Å². The zero-order valence-corrected chi connectivity index (χ0v) is 17.2. The first-order valence-corrected chi connectivity index (χ1v) is 10.4. The van der Waals surface area contributed by atoms with Gasteiger partial charge < -0.3 is 10.1 Å². The predicted molar refractivity (Wildman–Crippen MR) is 116 cm³/mol. The van der Waals surface area contributed by atoms with Gasteiger partial charge in [0.15, 0.2) is 0 Å². The molecule has 0 unspecified atom stereocenters. The van der Waals surface area contributed by atoms with Crippen molar-refractivity contribution in [3.63, 3.8) is 0 Å². The predicted octanol–water partition coefficient (Wildman–Crippen LogP) is 4.25. The summed E-state index contributed by atoms with van der Waals surface area (Å²) in [5.74, 6) is 0.140.